The number of furan rings is 1. The first-order valence-electron chi connectivity index (χ1n) is 21.3. The molecule has 0 aliphatic heterocycles. The maximum absolute atomic E-state index is 7.02. The zero-order chi connectivity index (χ0) is 41.0. The molecule has 62 heavy (non-hydrogen) atoms. The highest BCUT2D eigenvalue weighted by Crippen LogP contribution is 2.47. The summed E-state index contributed by atoms with van der Waals surface area (Å²) in [6.45, 7) is 0.656. The summed E-state index contributed by atoms with van der Waals surface area (Å²) in [6.07, 6.45) is 0. The molecule has 3 nitrogen and oxygen atoms in total. The molecule has 0 atom stereocenters. The van der Waals surface area contributed by atoms with E-state index in [1.807, 2.05) is 0 Å². The summed E-state index contributed by atoms with van der Waals surface area (Å²) < 4.78 is 9.44. The van der Waals surface area contributed by atoms with Gasteiger partial charge in [-0.2, -0.15) is 0 Å². The van der Waals surface area contributed by atoms with Crippen molar-refractivity contribution in [1.82, 2.24) is 4.57 Å². The molecule has 0 unspecified atom stereocenters. The second kappa shape index (κ2) is 14.8. The van der Waals surface area contributed by atoms with E-state index < -0.39 is 0 Å². The van der Waals surface area contributed by atoms with Crippen LogP contribution < -0.4 is 4.90 Å². The lowest BCUT2D eigenvalue weighted by molar-refractivity contribution is 0.669. The van der Waals surface area contributed by atoms with Crippen LogP contribution in [0.3, 0.4) is 0 Å². The Kier molecular flexibility index (Phi) is 8.57. The maximum atomic E-state index is 7.02. The predicted octanol–water partition coefficient (Wildman–Crippen LogP) is 16.2. The first-order valence-corrected chi connectivity index (χ1v) is 21.3. The Labute approximate surface area is 360 Å². The fourth-order valence-electron chi connectivity index (χ4n) is 9.70. The molecule has 292 valence electrons. The Hall–Kier alpha value is -8.14. The zero-order valence-corrected chi connectivity index (χ0v) is 33.9. The van der Waals surface area contributed by atoms with Crippen molar-refractivity contribution in [2.45, 2.75) is 6.54 Å². The molecular weight excluding hydrogens is 753 g/mol. The largest absolute Gasteiger partial charge is 0.456 e. The Morgan fingerprint density at radius 3 is 1.77 bits per heavy atom. The molecule has 0 N–H and O–H groups in total. The molecule has 0 spiro atoms. The van der Waals surface area contributed by atoms with Crippen molar-refractivity contribution in [3.8, 4) is 39.1 Å². The molecule has 0 saturated heterocycles. The van der Waals surface area contributed by atoms with Gasteiger partial charge in [0, 0.05) is 39.6 Å². The van der Waals surface area contributed by atoms with Crippen LogP contribution in [0.4, 0.5) is 11.4 Å². The number of rotatable bonds is 8. The molecule has 0 amide bonds. The van der Waals surface area contributed by atoms with Crippen LogP contribution in [0, 0.1) is 0 Å². The highest BCUT2D eigenvalue weighted by molar-refractivity contribution is 6.26. The Balaban J connectivity index is 1.10. The van der Waals surface area contributed by atoms with Crippen LogP contribution in [-0.2, 0) is 6.54 Å². The number of benzene rings is 10. The van der Waals surface area contributed by atoms with E-state index in [4.69, 9.17) is 4.42 Å². The highest BCUT2D eigenvalue weighted by Gasteiger charge is 2.24. The molecule has 12 rings (SSSR count). The van der Waals surface area contributed by atoms with E-state index in [1.165, 1.54) is 60.6 Å². The molecule has 12 aromatic rings. The first-order chi connectivity index (χ1) is 30.8. The van der Waals surface area contributed by atoms with Gasteiger partial charge in [0.25, 0.3) is 0 Å². The van der Waals surface area contributed by atoms with Crippen LogP contribution in [0.15, 0.2) is 235 Å². The van der Waals surface area contributed by atoms with Gasteiger partial charge in [0.2, 0.25) is 0 Å². The van der Waals surface area contributed by atoms with Gasteiger partial charge in [0.05, 0.1) is 22.1 Å². The van der Waals surface area contributed by atoms with Gasteiger partial charge in [-0.3, -0.25) is 0 Å². The minimum atomic E-state index is 0.656. The average Bonchev–Trinajstić information content (AvgIpc) is 3.90. The van der Waals surface area contributed by atoms with Crippen molar-refractivity contribution in [2.75, 3.05) is 4.90 Å². The monoisotopic (exact) mass is 792 g/mol. The van der Waals surface area contributed by atoms with Gasteiger partial charge in [-0.25, -0.2) is 0 Å². The topological polar surface area (TPSA) is 21.3 Å². The third-order valence-corrected chi connectivity index (χ3v) is 12.5. The van der Waals surface area contributed by atoms with Gasteiger partial charge < -0.3 is 13.9 Å². The molecule has 0 aliphatic rings. The maximum Gasteiger partial charge on any atom is 0.137 e. The van der Waals surface area contributed by atoms with Crippen molar-refractivity contribution < 1.29 is 4.42 Å². The molecule has 10 aromatic carbocycles. The van der Waals surface area contributed by atoms with E-state index in [9.17, 15) is 0 Å². The lowest BCUT2D eigenvalue weighted by atomic mass is 9.93. The Morgan fingerprint density at radius 1 is 0.387 bits per heavy atom. The molecule has 0 fully saturated rings. The standard InChI is InChI=1S/C59H40N2O/c1-4-18-40(19-5-1)41-34-36-44(37-35-41)60(39-43-22-10-11-25-46(43)42-20-6-2-7-21-42)54-32-17-33-55-58(54)57-49-28-13-12-26-47(49)52(38-56(57)62-55)51-30-16-29-50-48-27-14-15-31-53(48)61(59(50)51)45-23-8-3-9-24-45/h1-38H,39H2. The summed E-state index contributed by atoms with van der Waals surface area (Å²) in [5, 5.41) is 7.03. The van der Waals surface area contributed by atoms with Crippen LogP contribution in [-0.4, -0.2) is 4.57 Å². The van der Waals surface area contributed by atoms with E-state index in [-0.39, 0.29) is 0 Å². The van der Waals surface area contributed by atoms with E-state index in [0.29, 0.717) is 6.54 Å². The molecule has 0 saturated carbocycles. The molecule has 0 bridgehead atoms. The number of hydrogen-bond donors (Lipinski definition) is 0. The summed E-state index contributed by atoms with van der Waals surface area (Å²) in [5.41, 5.74) is 15.8. The number of hydrogen-bond acceptors (Lipinski definition) is 2. The third kappa shape index (κ3) is 5.89. The SMILES string of the molecule is c1ccc(-c2ccc(N(Cc3ccccc3-c3ccccc3)c3cccc4oc5cc(-c6cccc7c8ccccc8n(-c8ccccc8)c67)c6ccccc6c5c34)cc2)cc1. The second-order valence-corrected chi connectivity index (χ2v) is 16.0. The van der Waals surface area contributed by atoms with Gasteiger partial charge in [-0.05, 0) is 92.7 Å². The van der Waals surface area contributed by atoms with Gasteiger partial charge in [-0.1, -0.05) is 182 Å². The smallest absolute Gasteiger partial charge is 0.137 e. The summed E-state index contributed by atoms with van der Waals surface area (Å²) in [5.74, 6) is 0. The minimum Gasteiger partial charge on any atom is -0.456 e. The molecule has 0 aliphatic carbocycles. The summed E-state index contributed by atoms with van der Waals surface area (Å²) in [7, 11) is 0. The van der Waals surface area contributed by atoms with E-state index in [1.54, 1.807) is 0 Å². The summed E-state index contributed by atoms with van der Waals surface area (Å²) >= 11 is 0. The fourth-order valence-corrected chi connectivity index (χ4v) is 9.70. The normalized spacial score (nSPS) is 11.6. The van der Waals surface area contributed by atoms with E-state index in [0.717, 1.165) is 50.0 Å². The van der Waals surface area contributed by atoms with Gasteiger partial charge in [0.1, 0.15) is 11.2 Å². The molecule has 0 radical (unpaired) electrons. The number of nitrogens with zero attached hydrogens (tertiary/aromatic N) is 2. The van der Waals surface area contributed by atoms with Crippen LogP contribution in [0.5, 0.6) is 0 Å². The van der Waals surface area contributed by atoms with Gasteiger partial charge in [0.15, 0.2) is 0 Å². The predicted molar refractivity (Wildman–Crippen MR) is 261 cm³/mol. The first kappa shape index (κ1) is 35.8. The van der Waals surface area contributed by atoms with Crippen LogP contribution in [0.25, 0.3) is 93.6 Å². The van der Waals surface area contributed by atoms with E-state index >= 15 is 0 Å². The molecular formula is C59H40N2O. The number of anilines is 2. The zero-order valence-electron chi connectivity index (χ0n) is 33.9. The van der Waals surface area contributed by atoms with Crippen molar-refractivity contribution in [3.05, 3.63) is 236 Å². The number of para-hydroxylation sites is 3. The van der Waals surface area contributed by atoms with Crippen LogP contribution in [0.1, 0.15) is 5.56 Å². The van der Waals surface area contributed by atoms with Crippen molar-refractivity contribution in [2.24, 2.45) is 0 Å². The lowest BCUT2D eigenvalue weighted by Crippen LogP contribution is -2.17. The van der Waals surface area contributed by atoms with Gasteiger partial charge in [-0.15, -0.1) is 0 Å². The van der Waals surface area contributed by atoms with Gasteiger partial charge >= 0.3 is 0 Å². The molecule has 3 heteroatoms. The van der Waals surface area contributed by atoms with Crippen LogP contribution in [0.2, 0.25) is 0 Å². The van der Waals surface area contributed by atoms with Crippen molar-refractivity contribution >= 4 is 65.9 Å². The molecule has 2 heterocycles. The second-order valence-electron chi connectivity index (χ2n) is 16.0. The quantitative estimate of drug-likeness (QED) is 0.153. The molecule has 2 aromatic heterocycles. The van der Waals surface area contributed by atoms with Crippen LogP contribution >= 0.6 is 0 Å². The summed E-state index contributed by atoms with van der Waals surface area (Å²) in [4.78, 5) is 2.47. The van der Waals surface area contributed by atoms with Crippen molar-refractivity contribution in [3.63, 3.8) is 0 Å². The lowest BCUT2D eigenvalue weighted by Gasteiger charge is -2.27. The number of fused-ring (bicyclic) bond motifs is 8. The number of aromatic nitrogens is 1. The highest BCUT2D eigenvalue weighted by atomic mass is 16.3. The Morgan fingerprint density at radius 2 is 0.984 bits per heavy atom. The average molecular weight is 793 g/mol. The minimum absolute atomic E-state index is 0.656. The summed E-state index contributed by atoms with van der Waals surface area (Å²) in [6, 6.07) is 82.9. The third-order valence-electron chi connectivity index (χ3n) is 12.5. The Bertz CT molecular complexity index is 3590. The van der Waals surface area contributed by atoms with E-state index in [2.05, 4.69) is 240 Å². The fraction of sp³-hybridized carbons (Fsp3) is 0.0169. The van der Waals surface area contributed by atoms with Crippen molar-refractivity contribution in [1.29, 1.82) is 0 Å².